The summed E-state index contributed by atoms with van der Waals surface area (Å²) in [6.07, 6.45) is 1.65. The van der Waals surface area contributed by atoms with Crippen molar-refractivity contribution >= 4 is 17.7 Å². The molecule has 1 fully saturated rings. The predicted octanol–water partition coefficient (Wildman–Crippen LogP) is 3.10. The van der Waals surface area contributed by atoms with Crippen LogP contribution in [0.4, 0.5) is 0 Å². The van der Waals surface area contributed by atoms with Gasteiger partial charge in [-0.05, 0) is 24.6 Å². The molecule has 2 heterocycles. The van der Waals surface area contributed by atoms with Gasteiger partial charge in [-0.2, -0.15) is 0 Å². The van der Waals surface area contributed by atoms with Crippen molar-refractivity contribution < 1.29 is 9.53 Å². The average Bonchev–Trinajstić information content (AvgIpc) is 3.27. The van der Waals surface area contributed by atoms with E-state index in [1.165, 1.54) is 17.3 Å². The van der Waals surface area contributed by atoms with Gasteiger partial charge >= 0.3 is 0 Å². The highest BCUT2D eigenvalue weighted by Gasteiger charge is 2.27. The van der Waals surface area contributed by atoms with E-state index in [1.54, 1.807) is 13.4 Å². The quantitative estimate of drug-likeness (QED) is 0.530. The summed E-state index contributed by atoms with van der Waals surface area (Å²) in [7, 11) is 1.64. The number of para-hydroxylation sites is 2. The summed E-state index contributed by atoms with van der Waals surface area (Å²) in [4.78, 5) is 17.4. The molecule has 3 aromatic rings. The van der Waals surface area contributed by atoms with Crippen LogP contribution in [-0.4, -0.2) is 69.0 Å². The summed E-state index contributed by atoms with van der Waals surface area (Å²) in [6, 6.07) is 18.2. The zero-order valence-corrected chi connectivity index (χ0v) is 18.7. The highest BCUT2D eigenvalue weighted by Crippen LogP contribution is 2.29. The van der Waals surface area contributed by atoms with Crippen LogP contribution in [0.2, 0.25) is 0 Å². The van der Waals surface area contributed by atoms with Gasteiger partial charge in [0.2, 0.25) is 5.91 Å². The Balaban J connectivity index is 1.35. The van der Waals surface area contributed by atoms with Crippen molar-refractivity contribution in [3.8, 4) is 11.4 Å². The van der Waals surface area contributed by atoms with Gasteiger partial charge in [0, 0.05) is 32.7 Å². The number of carbonyl (C=O) groups excluding carboxylic acids is 1. The first kappa shape index (κ1) is 21.4. The molecule has 0 radical (unpaired) electrons. The van der Waals surface area contributed by atoms with Crippen LogP contribution in [0.1, 0.15) is 12.5 Å². The zero-order valence-electron chi connectivity index (χ0n) is 17.8. The molecule has 162 valence electrons. The van der Waals surface area contributed by atoms with Gasteiger partial charge in [-0.3, -0.25) is 14.3 Å². The molecule has 8 heteroatoms. The fourth-order valence-electron chi connectivity index (χ4n) is 3.73. The lowest BCUT2D eigenvalue weighted by atomic mass is 10.2. The molecule has 0 bridgehead atoms. The molecular weight excluding hydrogens is 410 g/mol. The van der Waals surface area contributed by atoms with Gasteiger partial charge in [0.25, 0.3) is 0 Å². The minimum absolute atomic E-state index is 0.138. The molecule has 4 rings (SSSR count). The third-order valence-electron chi connectivity index (χ3n) is 5.42. The molecule has 0 saturated carbocycles. The van der Waals surface area contributed by atoms with E-state index in [9.17, 15) is 4.79 Å². The van der Waals surface area contributed by atoms with E-state index in [-0.39, 0.29) is 11.2 Å². The number of benzene rings is 2. The predicted molar refractivity (Wildman–Crippen MR) is 122 cm³/mol. The maximum atomic E-state index is 13.1. The Morgan fingerprint density at radius 2 is 1.77 bits per heavy atom. The molecule has 1 atom stereocenters. The fraction of sp³-hybridized carbons (Fsp3) is 0.348. The van der Waals surface area contributed by atoms with Crippen molar-refractivity contribution in [3.05, 3.63) is 66.5 Å². The van der Waals surface area contributed by atoms with Crippen LogP contribution in [0.5, 0.6) is 5.75 Å². The zero-order chi connectivity index (χ0) is 21.6. The third-order valence-corrected chi connectivity index (χ3v) is 6.47. The normalized spacial score (nSPS) is 15.6. The molecule has 1 unspecified atom stereocenters. The number of ether oxygens (including phenoxy) is 1. The Morgan fingerprint density at radius 3 is 2.52 bits per heavy atom. The van der Waals surface area contributed by atoms with Crippen molar-refractivity contribution in [1.82, 2.24) is 24.6 Å². The van der Waals surface area contributed by atoms with E-state index < -0.39 is 0 Å². The third kappa shape index (κ3) is 5.08. The number of methoxy groups -OCH3 is 1. The molecule has 7 nitrogen and oxygen atoms in total. The monoisotopic (exact) mass is 437 g/mol. The number of amides is 1. The van der Waals surface area contributed by atoms with Crippen LogP contribution >= 0.6 is 11.8 Å². The molecule has 31 heavy (non-hydrogen) atoms. The van der Waals surface area contributed by atoms with Crippen LogP contribution in [0.15, 0.2) is 66.1 Å². The van der Waals surface area contributed by atoms with E-state index in [0.29, 0.717) is 5.16 Å². The van der Waals surface area contributed by atoms with Crippen LogP contribution in [0.25, 0.3) is 5.69 Å². The molecule has 2 aromatic carbocycles. The number of rotatable bonds is 7. The fourth-order valence-corrected chi connectivity index (χ4v) is 4.65. The smallest absolute Gasteiger partial charge is 0.235 e. The summed E-state index contributed by atoms with van der Waals surface area (Å²) < 4.78 is 7.33. The second-order valence-electron chi connectivity index (χ2n) is 7.50. The minimum atomic E-state index is -0.252. The number of piperazine rings is 1. The molecule has 1 aliphatic heterocycles. The van der Waals surface area contributed by atoms with E-state index in [0.717, 1.165) is 44.2 Å². The second kappa shape index (κ2) is 9.98. The average molecular weight is 438 g/mol. The first-order valence-corrected chi connectivity index (χ1v) is 11.3. The first-order valence-electron chi connectivity index (χ1n) is 10.4. The lowest BCUT2D eigenvalue weighted by Gasteiger charge is -2.35. The van der Waals surface area contributed by atoms with Crippen molar-refractivity contribution in [2.24, 2.45) is 0 Å². The summed E-state index contributed by atoms with van der Waals surface area (Å²) in [5, 5.41) is 8.71. The molecule has 0 spiro atoms. The standard InChI is InChI=1S/C23H27N5O2S/c1-18(31-23-25-24-17-28(23)20-10-6-7-11-21(20)30-2)22(29)27-14-12-26(13-15-27)16-19-8-4-3-5-9-19/h3-11,17-18H,12-16H2,1-2H3. The van der Waals surface area contributed by atoms with Gasteiger partial charge in [0.1, 0.15) is 12.1 Å². The number of thioether (sulfide) groups is 1. The highest BCUT2D eigenvalue weighted by atomic mass is 32.2. The number of nitrogens with zero attached hydrogens (tertiary/aromatic N) is 5. The van der Waals surface area contributed by atoms with Gasteiger partial charge in [-0.1, -0.05) is 54.2 Å². The lowest BCUT2D eigenvalue weighted by Crippen LogP contribution is -2.50. The van der Waals surface area contributed by atoms with Crippen LogP contribution in [-0.2, 0) is 11.3 Å². The van der Waals surface area contributed by atoms with Gasteiger partial charge in [0.15, 0.2) is 5.16 Å². The topological polar surface area (TPSA) is 63.5 Å². The van der Waals surface area contributed by atoms with Crippen molar-refractivity contribution in [2.75, 3.05) is 33.3 Å². The summed E-state index contributed by atoms with van der Waals surface area (Å²) in [5.41, 5.74) is 2.16. The summed E-state index contributed by atoms with van der Waals surface area (Å²) >= 11 is 1.43. The Bertz CT molecular complexity index is 1000. The van der Waals surface area contributed by atoms with Gasteiger partial charge in [-0.15, -0.1) is 10.2 Å². The van der Waals surface area contributed by atoms with E-state index in [2.05, 4.69) is 39.4 Å². The first-order chi connectivity index (χ1) is 15.2. The van der Waals surface area contributed by atoms with Crippen molar-refractivity contribution in [1.29, 1.82) is 0 Å². The molecule has 0 N–H and O–H groups in total. The van der Waals surface area contributed by atoms with Crippen molar-refractivity contribution in [2.45, 2.75) is 23.9 Å². The van der Waals surface area contributed by atoms with Crippen LogP contribution in [0, 0.1) is 0 Å². The number of carbonyl (C=O) groups is 1. The molecular formula is C23H27N5O2S. The second-order valence-corrected chi connectivity index (χ2v) is 8.81. The number of hydrogen-bond donors (Lipinski definition) is 0. The highest BCUT2D eigenvalue weighted by molar-refractivity contribution is 8.00. The van der Waals surface area contributed by atoms with Gasteiger partial charge in [0.05, 0.1) is 18.0 Å². The summed E-state index contributed by atoms with van der Waals surface area (Å²) in [5.74, 6) is 0.872. The molecule has 1 aromatic heterocycles. The largest absolute Gasteiger partial charge is 0.495 e. The van der Waals surface area contributed by atoms with E-state index in [4.69, 9.17) is 4.74 Å². The SMILES string of the molecule is COc1ccccc1-n1cnnc1SC(C)C(=O)N1CCN(Cc2ccccc2)CC1. The van der Waals surface area contributed by atoms with Gasteiger partial charge in [-0.25, -0.2) is 0 Å². The van der Waals surface area contributed by atoms with Crippen molar-refractivity contribution in [3.63, 3.8) is 0 Å². The van der Waals surface area contributed by atoms with Crippen LogP contribution in [0.3, 0.4) is 0 Å². The number of aromatic nitrogens is 3. The Morgan fingerprint density at radius 1 is 1.06 bits per heavy atom. The summed E-state index contributed by atoms with van der Waals surface area (Å²) in [6.45, 7) is 6.12. The maximum Gasteiger partial charge on any atom is 0.235 e. The van der Waals surface area contributed by atoms with E-state index in [1.807, 2.05) is 46.7 Å². The molecule has 0 aliphatic carbocycles. The Labute approximate surface area is 187 Å². The van der Waals surface area contributed by atoms with Gasteiger partial charge < -0.3 is 9.64 Å². The maximum absolute atomic E-state index is 13.1. The lowest BCUT2D eigenvalue weighted by molar-refractivity contribution is -0.132. The molecule has 1 amide bonds. The molecule has 1 saturated heterocycles. The number of hydrogen-bond acceptors (Lipinski definition) is 6. The van der Waals surface area contributed by atoms with Crippen LogP contribution < -0.4 is 4.74 Å². The van der Waals surface area contributed by atoms with E-state index >= 15 is 0 Å². The Kier molecular flexibility index (Phi) is 6.89. The Hall–Kier alpha value is -2.84. The molecule has 1 aliphatic rings. The minimum Gasteiger partial charge on any atom is -0.495 e.